The van der Waals surface area contributed by atoms with Crippen molar-refractivity contribution in [2.45, 2.75) is 35.9 Å². The van der Waals surface area contributed by atoms with Crippen LogP contribution in [0.2, 0.25) is 0 Å². The Morgan fingerprint density at radius 2 is 1.87 bits per heavy atom. The maximum absolute atomic E-state index is 13.5. The van der Waals surface area contributed by atoms with Crippen molar-refractivity contribution < 1.29 is 32.6 Å². The highest BCUT2D eigenvalue weighted by Gasteiger charge is 2.44. The van der Waals surface area contributed by atoms with Gasteiger partial charge in [0.05, 0.1) is 11.0 Å². The summed E-state index contributed by atoms with van der Waals surface area (Å²) >= 11 is 0. The van der Waals surface area contributed by atoms with Crippen molar-refractivity contribution in [1.29, 1.82) is 0 Å². The summed E-state index contributed by atoms with van der Waals surface area (Å²) in [6, 6.07) is 10.4. The number of carboxylic acids is 1. The van der Waals surface area contributed by atoms with Gasteiger partial charge in [-0.3, -0.25) is 4.79 Å². The number of rotatable bonds is 7. The maximum Gasteiger partial charge on any atom is 0.326 e. The number of β-amino-alcohol motifs (C(OH)–C–C–N with tert-alkyl or cyclic N) is 1. The number of hydrogen-bond acceptors (Lipinski definition) is 5. The van der Waals surface area contributed by atoms with Gasteiger partial charge < -0.3 is 15.5 Å². The van der Waals surface area contributed by atoms with Gasteiger partial charge in [0.25, 0.3) is 0 Å². The van der Waals surface area contributed by atoms with Crippen molar-refractivity contribution in [3.8, 4) is 0 Å². The number of carbonyl (C=O) groups is 2. The van der Waals surface area contributed by atoms with Gasteiger partial charge in [-0.05, 0) is 23.8 Å². The molecule has 1 aliphatic rings. The molecule has 2 aromatic carbocycles. The van der Waals surface area contributed by atoms with Crippen molar-refractivity contribution in [1.82, 2.24) is 9.62 Å². The molecule has 3 rings (SSSR count). The Morgan fingerprint density at radius 1 is 1.17 bits per heavy atom. The summed E-state index contributed by atoms with van der Waals surface area (Å²) in [5.41, 5.74) is 0.681. The van der Waals surface area contributed by atoms with Gasteiger partial charge in [-0.25, -0.2) is 17.6 Å². The molecule has 0 aromatic heterocycles. The lowest BCUT2D eigenvalue weighted by Gasteiger charge is -2.24. The van der Waals surface area contributed by atoms with Gasteiger partial charge in [0.1, 0.15) is 17.9 Å². The molecule has 1 amide bonds. The van der Waals surface area contributed by atoms with Crippen molar-refractivity contribution in [2.24, 2.45) is 0 Å². The smallest absolute Gasteiger partial charge is 0.326 e. The number of aliphatic hydroxyl groups excluding tert-OH is 1. The zero-order chi connectivity index (χ0) is 21.9. The molecule has 10 heteroatoms. The number of hydrogen-bond donors (Lipinski definition) is 3. The Hall–Kier alpha value is -2.82. The van der Waals surface area contributed by atoms with Gasteiger partial charge in [0, 0.05) is 19.4 Å². The summed E-state index contributed by atoms with van der Waals surface area (Å²) in [6.45, 7) is -0.354. The second-order valence-corrected chi connectivity index (χ2v) is 8.92. The highest BCUT2D eigenvalue weighted by atomic mass is 32.2. The fraction of sp³-hybridized carbons (Fsp3) is 0.300. The number of carbonyl (C=O) groups excluding carboxylic acids is 1. The van der Waals surface area contributed by atoms with Crippen LogP contribution in [0.5, 0.6) is 0 Å². The molecule has 3 atom stereocenters. The molecule has 8 nitrogen and oxygen atoms in total. The number of nitrogens with one attached hydrogen (secondary N) is 1. The minimum Gasteiger partial charge on any atom is -0.480 e. The van der Waals surface area contributed by atoms with E-state index in [9.17, 15) is 32.6 Å². The average Bonchev–Trinajstić information content (AvgIpc) is 3.11. The summed E-state index contributed by atoms with van der Waals surface area (Å²) in [4.78, 5) is 24.1. The van der Waals surface area contributed by atoms with Gasteiger partial charge >= 0.3 is 5.97 Å². The third-order valence-corrected chi connectivity index (χ3v) is 6.71. The van der Waals surface area contributed by atoms with Crippen molar-refractivity contribution in [2.75, 3.05) is 6.54 Å². The van der Waals surface area contributed by atoms with Crippen LogP contribution in [0.4, 0.5) is 4.39 Å². The van der Waals surface area contributed by atoms with Gasteiger partial charge in [0.15, 0.2) is 0 Å². The van der Waals surface area contributed by atoms with Crippen LogP contribution in [0.1, 0.15) is 12.0 Å². The normalized spacial score (nSPS) is 20.6. The molecule has 30 heavy (non-hydrogen) atoms. The molecule has 0 spiro atoms. The second kappa shape index (κ2) is 8.90. The first-order valence-electron chi connectivity index (χ1n) is 9.21. The van der Waals surface area contributed by atoms with Crippen molar-refractivity contribution in [3.63, 3.8) is 0 Å². The van der Waals surface area contributed by atoms with Crippen LogP contribution in [0.3, 0.4) is 0 Å². The zero-order valence-electron chi connectivity index (χ0n) is 15.8. The molecule has 0 aliphatic carbocycles. The standard InChI is InChI=1S/C20H21FN2O6S/c21-14-7-4-8-16(10-14)30(28,29)23-12-15(24)11-18(23)19(25)22-17(20(26)27)9-13-5-2-1-3-6-13/h1-8,10,15,17-18,24H,9,11-12H2,(H,22,25)(H,26,27)/t15-,17?,18?/m1/s1. The molecule has 2 aromatic rings. The van der Waals surface area contributed by atoms with E-state index in [4.69, 9.17) is 0 Å². The highest BCUT2D eigenvalue weighted by molar-refractivity contribution is 7.89. The molecule has 0 bridgehead atoms. The number of aliphatic carboxylic acids is 1. The maximum atomic E-state index is 13.5. The fourth-order valence-electron chi connectivity index (χ4n) is 3.37. The van der Waals surface area contributed by atoms with E-state index < -0.39 is 45.9 Å². The minimum atomic E-state index is -4.28. The Morgan fingerprint density at radius 3 is 2.50 bits per heavy atom. The molecule has 0 saturated carbocycles. The number of sulfonamides is 1. The summed E-state index contributed by atoms with van der Waals surface area (Å²) in [5, 5.41) is 21.8. The first-order valence-corrected chi connectivity index (χ1v) is 10.6. The molecule has 1 saturated heterocycles. The summed E-state index contributed by atoms with van der Waals surface area (Å²) < 4.78 is 40.1. The van der Waals surface area contributed by atoms with Gasteiger partial charge in [0.2, 0.25) is 15.9 Å². The molecule has 1 fully saturated rings. The molecular formula is C20H21FN2O6S. The van der Waals surface area contributed by atoms with Crippen LogP contribution < -0.4 is 5.32 Å². The molecule has 2 unspecified atom stereocenters. The lowest BCUT2D eigenvalue weighted by atomic mass is 10.1. The number of nitrogens with zero attached hydrogens (tertiary/aromatic N) is 1. The first-order chi connectivity index (χ1) is 14.2. The predicted octanol–water partition coefficient (Wildman–Crippen LogP) is 0.762. The van der Waals surface area contributed by atoms with Crippen LogP contribution in [-0.4, -0.2) is 59.5 Å². The van der Waals surface area contributed by atoms with Crippen molar-refractivity contribution in [3.05, 3.63) is 66.0 Å². The van der Waals surface area contributed by atoms with E-state index in [1.807, 2.05) is 0 Å². The van der Waals surface area contributed by atoms with E-state index in [2.05, 4.69) is 5.32 Å². The lowest BCUT2D eigenvalue weighted by molar-refractivity contribution is -0.142. The average molecular weight is 436 g/mol. The molecule has 1 heterocycles. The predicted molar refractivity (Wildman–Crippen MR) is 104 cm³/mol. The van der Waals surface area contributed by atoms with Crippen LogP contribution in [0.15, 0.2) is 59.5 Å². The number of aliphatic hydroxyl groups is 1. The SMILES string of the molecule is O=C(O)C(Cc1ccccc1)NC(=O)C1C[C@@H](O)CN1S(=O)(=O)c1cccc(F)c1. The van der Waals surface area contributed by atoms with Crippen molar-refractivity contribution >= 4 is 21.9 Å². The fourth-order valence-corrected chi connectivity index (χ4v) is 5.04. The third-order valence-electron chi connectivity index (χ3n) is 4.84. The zero-order valence-corrected chi connectivity index (χ0v) is 16.6. The summed E-state index contributed by atoms with van der Waals surface area (Å²) in [5.74, 6) is -2.87. The number of amides is 1. The third kappa shape index (κ3) is 4.84. The number of carboxylic acid groups (broad SMARTS) is 1. The molecular weight excluding hydrogens is 415 g/mol. The second-order valence-electron chi connectivity index (χ2n) is 7.03. The Bertz CT molecular complexity index is 1030. The van der Waals surface area contributed by atoms with Crippen LogP contribution >= 0.6 is 0 Å². The van der Waals surface area contributed by atoms with Crippen LogP contribution in [0, 0.1) is 5.82 Å². The van der Waals surface area contributed by atoms with E-state index in [0.717, 1.165) is 16.4 Å². The summed E-state index contributed by atoms with van der Waals surface area (Å²) in [7, 11) is -4.28. The number of benzene rings is 2. The molecule has 1 aliphatic heterocycles. The highest BCUT2D eigenvalue weighted by Crippen LogP contribution is 2.27. The summed E-state index contributed by atoms with van der Waals surface area (Å²) in [6.07, 6.45) is -1.30. The van der Waals surface area contributed by atoms with Crippen LogP contribution in [-0.2, 0) is 26.0 Å². The Kier molecular flexibility index (Phi) is 6.49. The van der Waals surface area contributed by atoms with Gasteiger partial charge in [-0.2, -0.15) is 4.31 Å². The van der Waals surface area contributed by atoms with Crippen LogP contribution in [0.25, 0.3) is 0 Å². The topological polar surface area (TPSA) is 124 Å². The van der Waals surface area contributed by atoms with E-state index in [1.165, 1.54) is 12.1 Å². The van der Waals surface area contributed by atoms with Gasteiger partial charge in [-0.15, -0.1) is 0 Å². The quantitative estimate of drug-likeness (QED) is 0.589. The van der Waals surface area contributed by atoms with Gasteiger partial charge in [-0.1, -0.05) is 36.4 Å². The molecule has 3 N–H and O–H groups in total. The van der Waals surface area contributed by atoms with E-state index in [-0.39, 0.29) is 24.3 Å². The van der Waals surface area contributed by atoms with E-state index in [0.29, 0.717) is 5.56 Å². The monoisotopic (exact) mass is 436 g/mol. The van der Waals surface area contributed by atoms with E-state index in [1.54, 1.807) is 30.3 Å². The number of halogens is 1. The largest absolute Gasteiger partial charge is 0.480 e. The van der Waals surface area contributed by atoms with E-state index >= 15 is 0 Å². The molecule has 0 radical (unpaired) electrons. The Labute approximate surface area is 173 Å². The Balaban J connectivity index is 1.81. The minimum absolute atomic E-state index is 0.00777. The first kappa shape index (κ1) is 21.9. The molecule has 160 valence electrons. The lowest BCUT2D eigenvalue weighted by Crippen LogP contribution is -2.51.